The van der Waals surface area contributed by atoms with Gasteiger partial charge in [0.2, 0.25) is 0 Å². The summed E-state index contributed by atoms with van der Waals surface area (Å²) in [6.07, 6.45) is 3.32. The highest BCUT2D eigenvalue weighted by atomic mass is 35.5. The van der Waals surface area contributed by atoms with Crippen LogP contribution in [-0.2, 0) is 13.0 Å². The maximum absolute atomic E-state index is 13.4. The van der Waals surface area contributed by atoms with Crippen molar-refractivity contribution in [3.8, 4) is 0 Å². The Morgan fingerprint density at radius 1 is 1.16 bits per heavy atom. The van der Waals surface area contributed by atoms with Crippen LogP contribution in [0.1, 0.15) is 24.0 Å². The van der Waals surface area contributed by atoms with Gasteiger partial charge in [0.25, 0.3) is 0 Å². The Hall–Kier alpha value is -1.52. The molecule has 0 bridgehead atoms. The SMILES string of the molecule is Fc1ccc(CN=C2Nc3ccccc3CC23CCSCC3)cc1Cl. The first-order valence-corrected chi connectivity index (χ1v) is 10.1. The van der Waals surface area contributed by atoms with Crippen LogP contribution in [0.2, 0.25) is 5.02 Å². The number of para-hydroxylation sites is 1. The Morgan fingerprint density at radius 2 is 1.96 bits per heavy atom. The molecule has 1 N–H and O–H groups in total. The van der Waals surface area contributed by atoms with Crippen LogP contribution < -0.4 is 5.32 Å². The topological polar surface area (TPSA) is 24.4 Å². The van der Waals surface area contributed by atoms with E-state index in [1.807, 2.05) is 11.8 Å². The zero-order chi connectivity index (χ0) is 17.3. The van der Waals surface area contributed by atoms with Gasteiger partial charge in [-0.3, -0.25) is 4.99 Å². The van der Waals surface area contributed by atoms with E-state index >= 15 is 0 Å². The fourth-order valence-corrected chi connectivity index (χ4v) is 5.17. The molecule has 0 aliphatic carbocycles. The molecule has 2 aliphatic heterocycles. The zero-order valence-corrected chi connectivity index (χ0v) is 15.5. The number of thioether (sulfide) groups is 1. The molecule has 0 aromatic heterocycles. The summed E-state index contributed by atoms with van der Waals surface area (Å²) in [7, 11) is 0. The number of amidine groups is 1. The lowest BCUT2D eigenvalue weighted by atomic mass is 9.73. The number of hydrogen-bond donors (Lipinski definition) is 1. The van der Waals surface area contributed by atoms with Gasteiger partial charge in [0, 0.05) is 11.1 Å². The van der Waals surface area contributed by atoms with Gasteiger partial charge in [-0.15, -0.1) is 0 Å². The summed E-state index contributed by atoms with van der Waals surface area (Å²) in [5.74, 6) is 3.03. The number of nitrogens with zero attached hydrogens (tertiary/aromatic N) is 1. The van der Waals surface area contributed by atoms with E-state index in [9.17, 15) is 4.39 Å². The van der Waals surface area contributed by atoms with Crippen LogP contribution in [0.5, 0.6) is 0 Å². The number of halogens is 2. The van der Waals surface area contributed by atoms with Gasteiger partial charge >= 0.3 is 0 Å². The minimum atomic E-state index is -0.386. The Morgan fingerprint density at radius 3 is 2.76 bits per heavy atom. The molecule has 130 valence electrons. The quantitative estimate of drug-likeness (QED) is 0.744. The third-order valence-electron chi connectivity index (χ3n) is 5.16. The Labute approximate surface area is 156 Å². The molecule has 25 heavy (non-hydrogen) atoms. The van der Waals surface area contributed by atoms with E-state index in [-0.39, 0.29) is 16.3 Å². The normalized spacial score (nSPS) is 20.3. The van der Waals surface area contributed by atoms with Crippen molar-refractivity contribution in [1.82, 2.24) is 0 Å². The van der Waals surface area contributed by atoms with Crippen LogP contribution >= 0.6 is 23.4 Å². The standard InChI is InChI=1S/C20H20ClFN2S/c21-16-11-14(5-6-17(16)22)13-23-19-20(7-9-25-10-8-20)12-15-3-1-2-4-18(15)24-19/h1-6,11H,7-10,12-13H2,(H,23,24). The minimum absolute atomic E-state index is 0.101. The molecule has 0 atom stereocenters. The van der Waals surface area contributed by atoms with Gasteiger partial charge < -0.3 is 5.32 Å². The first kappa shape index (κ1) is 16.9. The molecule has 0 amide bonds. The second-order valence-electron chi connectivity index (χ2n) is 6.76. The van der Waals surface area contributed by atoms with Crippen LogP contribution in [0.25, 0.3) is 0 Å². The Kier molecular flexibility index (Phi) is 4.74. The van der Waals surface area contributed by atoms with Crippen molar-refractivity contribution in [2.45, 2.75) is 25.8 Å². The molecule has 1 saturated heterocycles. The molecule has 2 nitrogen and oxygen atoms in total. The maximum Gasteiger partial charge on any atom is 0.141 e. The van der Waals surface area contributed by atoms with E-state index in [0.717, 1.165) is 36.3 Å². The number of anilines is 1. The smallest absolute Gasteiger partial charge is 0.141 e. The average Bonchev–Trinajstić information content (AvgIpc) is 2.63. The number of benzene rings is 2. The second-order valence-corrected chi connectivity index (χ2v) is 8.40. The monoisotopic (exact) mass is 374 g/mol. The highest BCUT2D eigenvalue weighted by molar-refractivity contribution is 7.99. The predicted molar refractivity (Wildman–Crippen MR) is 105 cm³/mol. The molecule has 0 radical (unpaired) electrons. The van der Waals surface area contributed by atoms with Crippen molar-refractivity contribution < 1.29 is 4.39 Å². The largest absolute Gasteiger partial charge is 0.343 e. The fourth-order valence-electron chi connectivity index (χ4n) is 3.70. The van der Waals surface area contributed by atoms with Gasteiger partial charge in [-0.2, -0.15) is 11.8 Å². The summed E-state index contributed by atoms with van der Waals surface area (Å²) >= 11 is 7.92. The number of hydrogen-bond acceptors (Lipinski definition) is 2. The summed E-state index contributed by atoms with van der Waals surface area (Å²) in [5.41, 5.74) is 3.56. The van der Waals surface area contributed by atoms with Crippen molar-refractivity contribution in [3.05, 3.63) is 64.4 Å². The zero-order valence-electron chi connectivity index (χ0n) is 13.9. The van der Waals surface area contributed by atoms with E-state index in [4.69, 9.17) is 16.6 Å². The molecular weight excluding hydrogens is 355 g/mol. The third kappa shape index (κ3) is 3.42. The van der Waals surface area contributed by atoms with E-state index in [1.165, 1.54) is 23.1 Å². The summed E-state index contributed by atoms with van der Waals surface area (Å²) in [6.45, 7) is 0.513. The van der Waals surface area contributed by atoms with Gasteiger partial charge in [-0.25, -0.2) is 4.39 Å². The lowest BCUT2D eigenvalue weighted by Crippen LogP contribution is -2.44. The Balaban J connectivity index is 1.66. The van der Waals surface area contributed by atoms with Crippen molar-refractivity contribution in [3.63, 3.8) is 0 Å². The van der Waals surface area contributed by atoms with E-state index in [2.05, 4.69) is 29.6 Å². The average molecular weight is 375 g/mol. The number of nitrogens with one attached hydrogen (secondary N) is 1. The van der Waals surface area contributed by atoms with Crippen molar-refractivity contribution >= 4 is 34.9 Å². The van der Waals surface area contributed by atoms with Crippen molar-refractivity contribution in [1.29, 1.82) is 0 Å². The number of fused-ring (bicyclic) bond motifs is 1. The van der Waals surface area contributed by atoms with Crippen LogP contribution in [0.3, 0.4) is 0 Å². The van der Waals surface area contributed by atoms with Gasteiger partial charge in [0.1, 0.15) is 11.7 Å². The summed E-state index contributed by atoms with van der Waals surface area (Å²) in [6, 6.07) is 13.3. The molecular formula is C20H20ClFN2S. The molecule has 1 fully saturated rings. The molecule has 0 unspecified atom stereocenters. The second kappa shape index (κ2) is 7.00. The first-order valence-electron chi connectivity index (χ1n) is 8.58. The summed E-state index contributed by atoms with van der Waals surface area (Å²) in [4.78, 5) is 4.92. The lowest BCUT2D eigenvalue weighted by Gasteiger charge is -2.42. The first-order chi connectivity index (χ1) is 12.2. The predicted octanol–water partition coefficient (Wildman–Crippen LogP) is 5.56. The minimum Gasteiger partial charge on any atom is -0.343 e. The summed E-state index contributed by atoms with van der Waals surface area (Å²) < 4.78 is 13.4. The fraction of sp³-hybridized carbons (Fsp3) is 0.350. The Bertz CT molecular complexity index is 815. The van der Waals surface area contributed by atoms with E-state index in [1.54, 1.807) is 12.1 Å². The third-order valence-corrected chi connectivity index (χ3v) is 6.43. The molecule has 2 aromatic carbocycles. The molecule has 2 aromatic rings. The van der Waals surface area contributed by atoms with Crippen LogP contribution in [-0.4, -0.2) is 17.3 Å². The summed E-state index contributed by atoms with van der Waals surface area (Å²) in [5, 5.41) is 3.74. The number of aliphatic imine (C=N–C) groups is 1. The molecule has 2 heterocycles. The van der Waals surface area contributed by atoms with Gasteiger partial charge in [0.15, 0.2) is 0 Å². The van der Waals surface area contributed by atoms with Crippen molar-refractivity contribution in [2.75, 3.05) is 16.8 Å². The van der Waals surface area contributed by atoms with E-state index < -0.39 is 0 Å². The van der Waals surface area contributed by atoms with Gasteiger partial charge in [-0.1, -0.05) is 35.9 Å². The number of rotatable bonds is 2. The molecule has 1 spiro atoms. The molecule has 0 saturated carbocycles. The molecule has 2 aliphatic rings. The molecule has 5 heteroatoms. The van der Waals surface area contributed by atoms with Crippen molar-refractivity contribution in [2.24, 2.45) is 10.4 Å². The highest BCUT2D eigenvalue weighted by Crippen LogP contribution is 2.44. The highest BCUT2D eigenvalue weighted by Gasteiger charge is 2.41. The van der Waals surface area contributed by atoms with E-state index in [0.29, 0.717) is 6.54 Å². The maximum atomic E-state index is 13.4. The van der Waals surface area contributed by atoms with Gasteiger partial charge in [0.05, 0.1) is 11.6 Å². The van der Waals surface area contributed by atoms with Crippen LogP contribution in [0.15, 0.2) is 47.5 Å². The molecule has 4 rings (SSSR count). The lowest BCUT2D eigenvalue weighted by molar-refractivity contribution is 0.377. The van der Waals surface area contributed by atoms with Gasteiger partial charge in [-0.05, 0) is 60.1 Å². The van der Waals surface area contributed by atoms with Crippen LogP contribution in [0.4, 0.5) is 10.1 Å². The van der Waals surface area contributed by atoms with Crippen LogP contribution in [0, 0.1) is 11.2 Å².